The molecule has 0 fully saturated rings. The Morgan fingerprint density at radius 2 is 2.20 bits per heavy atom. The molecule has 160 valence electrons. The van der Waals surface area contributed by atoms with Gasteiger partial charge in [0.1, 0.15) is 11.2 Å². The van der Waals surface area contributed by atoms with Gasteiger partial charge in [-0.3, -0.25) is 9.59 Å². The summed E-state index contributed by atoms with van der Waals surface area (Å²) in [6.45, 7) is 6.36. The van der Waals surface area contributed by atoms with Crippen molar-refractivity contribution in [1.29, 1.82) is 0 Å². The van der Waals surface area contributed by atoms with Gasteiger partial charge >= 0.3 is 0 Å². The maximum absolute atomic E-state index is 13.4. The Balaban J connectivity index is 1.73. The second-order valence-electron chi connectivity index (χ2n) is 8.02. The average molecular weight is 436 g/mol. The summed E-state index contributed by atoms with van der Waals surface area (Å²) >= 11 is 0.843. The topological polar surface area (TPSA) is 80.4 Å². The highest BCUT2D eigenvalue weighted by Gasteiger charge is 2.48. The van der Waals surface area contributed by atoms with Crippen molar-refractivity contribution in [2.75, 3.05) is 6.54 Å². The van der Waals surface area contributed by atoms with Crippen LogP contribution in [0.2, 0.25) is 0 Å². The quantitative estimate of drug-likeness (QED) is 0.637. The number of alkyl halides is 2. The van der Waals surface area contributed by atoms with Crippen LogP contribution in [0.25, 0.3) is 11.1 Å². The summed E-state index contributed by atoms with van der Waals surface area (Å²) in [5.41, 5.74) is 0.482. The van der Waals surface area contributed by atoms with Crippen LogP contribution in [0.4, 0.5) is 8.78 Å². The van der Waals surface area contributed by atoms with Crippen LogP contribution in [0.15, 0.2) is 29.0 Å². The van der Waals surface area contributed by atoms with Crippen LogP contribution in [-0.2, 0) is 17.9 Å². The fourth-order valence-electron chi connectivity index (χ4n) is 3.66. The van der Waals surface area contributed by atoms with Crippen LogP contribution in [0.5, 0.6) is 0 Å². The summed E-state index contributed by atoms with van der Waals surface area (Å²) in [4.78, 5) is 32.3. The lowest BCUT2D eigenvalue weighted by molar-refractivity contribution is -0.133. The number of hydrogen-bond acceptors (Lipinski definition) is 5. The van der Waals surface area contributed by atoms with Gasteiger partial charge in [0.05, 0.1) is 24.9 Å². The van der Waals surface area contributed by atoms with Crippen molar-refractivity contribution < 1.29 is 22.8 Å². The number of hydrogen-bond donors (Lipinski definition) is 1. The van der Waals surface area contributed by atoms with Crippen LogP contribution in [0.1, 0.15) is 47.6 Å². The van der Waals surface area contributed by atoms with Gasteiger partial charge in [0.2, 0.25) is 5.91 Å². The highest BCUT2D eigenvalue weighted by Crippen LogP contribution is 2.35. The molecule has 3 aromatic heterocycles. The predicted molar refractivity (Wildman–Crippen MR) is 107 cm³/mol. The smallest absolute Gasteiger partial charge is 0.289 e. The standard InChI is InChI=1S/C20H22F2N4O3S/c1-11(2)7-24-19(28)20(3)10-25-13-4-5-29-15(13)6-14(25)18(27)26(20)9-12-8-23-17(30-12)16(21)22/h4-6,8,11,16H,7,9-10H2,1-3H3,(H,24,28). The lowest BCUT2D eigenvalue weighted by Gasteiger charge is -2.43. The Bertz CT molecular complexity index is 1100. The zero-order valence-corrected chi connectivity index (χ0v) is 17.6. The maximum atomic E-state index is 13.4. The summed E-state index contributed by atoms with van der Waals surface area (Å²) in [7, 11) is 0. The molecule has 0 saturated carbocycles. The molecule has 0 aromatic carbocycles. The summed E-state index contributed by atoms with van der Waals surface area (Å²) < 4.78 is 33.1. The van der Waals surface area contributed by atoms with Gasteiger partial charge in [-0.1, -0.05) is 13.8 Å². The predicted octanol–water partition coefficient (Wildman–Crippen LogP) is 3.82. The normalized spacial score (nSPS) is 19.2. The van der Waals surface area contributed by atoms with Gasteiger partial charge in [0.25, 0.3) is 12.3 Å². The van der Waals surface area contributed by atoms with E-state index in [9.17, 15) is 18.4 Å². The Labute approximate surface area is 175 Å². The SMILES string of the molecule is CC(C)CNC(=O)C1(C)Cn2c(cc3occc32)C(=O)N1Cc1cnc(C(F)F)s1. The highest BCUT2D eigenvalue weighted by atomic mass is 32.1. The summed E-state index contributed by atoms with van der Waals surface area (Å²) in [6.07, 6.45) is 0.199. The lowest BCUT2D eigenvalue weighted by atomic mass is 9.94. The molecule has 3 aromatic rings. The number of carbonyl (C=O) groups excluding carboxylic acids is 2. The molecule has 0 radical (unpaired) electrons. The third-order valence-corrected chi connectivity index (χ3v) is 6.27. The second kappa shape index (κ2) is 7.50. The minimum Gasteiger partial charge on any atom is -0.463 e. The third kappa shape index (κ3) is 3.38. The molecule has 1 atom stereocenters. The van der Waals surface area contributed by atoms with E-state index >= 15 is 0 Å². The Kier molecular flexibility index (Phi) is 5.13. The first-order valence-corrected chi connectivity index (χ1v) is 10.4. The molecule has 30 heavy (non-hydrogen) atoms. The first kappa shape index (κ1) is 20.5. The first-order chi connectivity index (χ1) is 14.2. The molecular formula is C20H22F2N4O3S. The summed E-state index contributed by atoms with van der Waals surface area (Å²) in [5, 5.41) is 2.61. The van der Waals surface area contributed by atoms with Gasteiger partial charge in [0, 0.05) is 29.8 Å². The summed E-state index contributed by atoms with van der Waals surface area (Å²) in [5.74, 6) is -0.413. The zero-order valence-electron chi connectivity index (χ0n) is 16.8. The minimum absolute atomic E-state index is 0.0152. The van der Waals surface area contributed by atoms with Crippen molar-refractivity contribution in [3.63, 3.8) is 0 Å². The van der Waals surface area contributed by atoms with Gasteiger partial charge < -0.3 is 19.2 Å². The number of amides is 2. The van der Waals surface area contributed by atoms with E-state index in [-0.39, 0.29) is 35.8 Å². The minimum atomic E-state index is -2.68. The van der Waals surface area contributed by atoms with Crippen LogP contribution in [0, 0.1) is 5.92 Å². The molecule has 7 nitrogen and oxygen atoms in total. The number of nitrogens with zero attached hydrogens (tertiary/aromatic N) is 3. The Hall–Kier alpha value is -2.75. The van der Waals surface area contributed by atoms with E-state index in [0.29, 0.717) is 22.7 Å². The highest BCUT2D eigenvalue weighted by molar-refractivity contribution is 7.11. The van der Waals surface area contributed by atoms with E-state index in [1.54, 1.807) is 23.6 Å². The van der Waals surface area contributed by atoms with Gasteiger partial charge in [-0.15, -0.1) is 11.3 Å². The fourth-order valence-corrected chi connectivity index (χ4v) is 4.42. The van der Waals surface area contributed by atoms with Crippen molar-refractivity contribution in [3.8, 4) is 0 Å². The summed E-state index contributed by atoms with van der Waals surface area (Å²) in [6, 6.07) is 3.40. The molecule has 1 unspecified atom stereocenters. The van der Waals surface area contributed by atoms with Crippen LogP contribution in [0.3, 0.4) is 0 Å². The third-order valence-electron chi connectivity index (χ3n) is 5.28. The van der Waals surface area contributed by atoms with Crippen LogP contribution < -0.4 is 5.32 Å². The van der Waals surface area contributed by atoms with E-state index in [4.69, 9.17) is 4.42 Å². The molecular weight excluding hydrogens is 414 g/mol. The van der Waals surface area contributed by atoms with E-state index in [1.807, 2.05) is 13.8 Å². The number of carbonyl (C=O) groups is 2. The molecule has 10 heteroatoms. The molecule has 0 bridgehead atoms. The molecule has 1 aliphatic rings. The average Bonchev–Trinajstić information content (AvgIpc) is 3.40. The molecule has 0 aliphatic carbocycles. The largest absolute Gasteiger partial charge is 0.463 e. The molecule has 1 aliphatic heterocycles. The van der Waals surface area contributed by atoms with E-state index < -0.39 is 12.0 Å². The zero-order chi connectivity index (χ0) is 21.6. The number of rotatable bonds is 6. The van der Waals surface area contributed by atoms with Gasteiger partial charge in [0.15, 0.2) is 10.6 Å². The Morgan fingerprint density at radius 1 is 1.43 bits per heavy atom. The van der Waals surface area contributed by atoms with Crippen LogP contribution >= 0.6 is 11.3 Å². The van der Waals surface area contributed by atoms with Crippen molar-refractivity contribution in [1.82, 2.24) is 19.8 Å². The van der Waals surface area contributed by atoms with Crippen molar-refractivity contribution >= 4 is 34.3 Å². The number of nitrogens with one attached hydrogen (secondary N) is 1. The number of halogens is 2. The fraction of sp³-hybridized carbons (Fsp3) is 0.450. The molecule has 0 saturated heterocycles. The number of thiazole rings is 1. The Morgan fingerprint density at radius 3 is 2.87 bits per heavy atom. The molecule has 2 amide bonds. The van der Waals surface area contributed by atoms with Gasteiger partial charge in [-0.05, 0) is 12.8 Å². The van der Waals surface area contributed by atoms with E-state index in [1.165, 1.54) is 17.4 Å². The number of furan rings is 1. The molecule has 4 heterocycles. The lowest BCUT2D eigenvalue weighted by Crippen LogP contribution is -2.63. The van der Waals surface area contributed by atoms with Gasteiger partial charge in [-0.2, -0.15) is 0 Å². The van der Waals surface area contributed by atoms with Crippen molar-refractivity contribution in [2.24, 2.45) is 5.92 Å². The molecule has 1 N–H and O–H groups in total. The first-order valence-electron chi connectivity index (χ1n) is 9.60. The van der Waals surface area contributed by atoms with E-state index in [0.717, 1.165) is 16.9 Å². The molecule has 4 rings (SSSR count). The number of fused-ring (bicyclic) bond motifs is 3. The second-order valence-corrected chi connectivity index (χ2v) is 9.17. The monoisotopic (exact) mass is 436 g/mol. The van der Waals surface area contributed by atoms with E-state index in [2.05, 4.69) is 10.3 Å². The van der Waals surface area contributed by atoms with Crippen molar-refractivity contribution in [2.45, 2.75) is 45.8 Å². The maximum Gasteiger partial charge on any atom is 0.289 e. The van der Waals surface area contributed by atoms with Crippen molar-refractivity contribution in [3.05, 3.63) is 40.2 Å². The van der Waals surface area contributed by atoms with Gasteiger partial charge in [-0.25, -0.2) is 13.8 Å². The molecule has 0 spiro atoms. The number of aromatic nitrogens is 2. The van der Waals surface area contributed by atoms with Crippen LogP contribution in [-0.4, -0.2) is 38.3 Å².